The summed E-state index contributed by atoms with van der Waals surface area (Å²) in [5, 5.41) is 1.54. The highest BCUT2D eigenvalue weighted by molar-refractivity contribution is 5.94. The molecule has 4 aromatic rings. The Bertz CT molecular complexity index is 1560. The van der Waals surface area contributed by atoms with Gasteiger partial charge in [0.1, 0.15) is 23.0 Å². The molecule has 0 aliphatic carbocycles. The molecule has 2 saturated heterocycles. The highest BCUT2D eigenvalue weighted by Crippen LogP contribution is 2.27. The van der Waals surface area contributed by atoms with Gasteiger partial charge in [-0.3, -0.25) is 9.59 Å². The van der Waals surface area contributed by atoms with Crippen LogP contribution in [0, 0.1) is 0 Å². The van der Waals surface area contributed by atoms with Crippen LogP contribution in [0.2, 0.25) is 0 Å². The first-order valence-corrected chi connectivity index (χ1v) is 14.2. The molecule has 2 fully saturated rings. The quantitative estimate of drug-likeness (QED) is 0.118. The van der Waals surface area contributed by atoms with E-state index < -0.39 is 11.9 Å². The first kappa shape index (κ1) is 29.0. The molecule has 224 valence electrons. The highest BCUT2D eigenvalue weighted by atomic mass is 16.6. The summed E-state index contributed by atoms with van der Waals surface area (Å²) in [5.41, 5.74) is 0.599. The summed E-state index contributed by atoms with van der Waals surface area (Å²) in [6, 6.07) is 22.5. The second kappa shape index (κ2) is 13.1. The molecular weight excluding hydrogens is 568 g/mol. The summed E-state index contributed by atoms with van der Waals surface area (Å²) >= 11 is 0. The van der Waals surface area contributed by atoms with Crippen LogP contribution in [0.15, 0.2) is 84.9 Å². The van der Waals surface area contributed by atoms with Gasteiger partial charge in [-0.15, -0.1) is 0 Å². The summed E-state index contributed by atoms with van der Waals surface area (Å²) in [4.78, 5) is 49.2. The molecule has 0 radical (unpaired) electrons. The maximum atomic E-state index is 12.7. The topological polar surface area (TPSA) is 130 Å². The maximum Gasteiger partial charge on any atom is 0.343 e. The second-order valence-electron chi connectivity index (χ2n) is 10.4. The fourth-order valence-electron chi connectivity index (χ4n) is 4.37. The molecule has 0 saturated carbocycles. The zero-order valence-corrected chi connectivity index (χ0v) is 23.6. The summed E-state index contributed by atoms with van der Waals surface area (Å²) in [5.74, 6) is -0.460. The number of hydrogen-bond donors (Lipinski definition) is 0. The molecular formula is C34H28O10. The lowest BCUT2D eigenvalue weighted by Gasteiger charge is -2.09. The summed E-state index contributed by atoms with van der Waals surface area (Å²) in [7, 11) is 0. The molecule has 44 heavy (non-hydrogen) atoms. The molecule has 2 aliphatic rings. The van der Waals surface area contributed by atoms with Gasteiger partial charge in [-0.1, -0.05) is 12.1 Å². The highest BCUT2D eigenvalue weighted by Gasteiger charge is 2.24. The Balaban J connectivity index is 1.01. The smallest absolute Gasteiger partial charge is 0.343 e. The van der Waals surface area contributed by atoms with E-state index >= 15 is 0 Å². The van der Waals surface area contributed by atoms with Gasteiger partial charge in [-0.25, -0.2) is 9.59 Å². The van der Waals surface area contributed by atoms with Gasteiger partial charge in [0.2, 0.25) is 0 Å². The van der Waals surface area contributed by atoms with Crippen molar-refractivity contribution in [1.29, 1.82) is 0 Å². The van der Waals surface area contributed by atoms with Gasteiger partial charge in [-0.2, -0.15) is 0 Å². The molecule has 10 heteroatoms. The molecule has 10 nitrogen and oxygen atoms in total. The van der Waals surface area contributed by atoms with Crippen LogP contribution in [0.25, 0.3) is 10.8 Å². The summed E-state index contributed by atoms with van der Waals surface area (Å²) < 4.78 is 31.8. The van der Waals surface area contributed by atoms with Crippen LogP contribution >= 0.6 is 0 Å². The minimum Gasteiger partial charge on any atom is -0.427 e. The minimum atomic E-state index is -0.563. The van der Waals surface area contributed by atoms with E-state index in [-0.39, 0.29) is 37.0 Å². The van der Waals surface area contributed by atoms with Gasteiger partial charge in [0.25, 0.3) is 0 Å². The van der Waals surface area contributed by atoms with Crippen molar-refractivity contribution in [3.63, 3.8) is 0 Å². The van der Waals surface area contributed by atoms with E-state index in [0.29, 0.717) is 60.2 Å². The number of ether oxygens (including phenoxy) is 6. The SMILES string of the molecule is O=C(CCC1CO1)Oc1ccc(C(=O)Oc2ccc3cc(OC(=O)c4ccc(OC(=O)CCC5CO5)cc4)ccc3c2)cc1. The standard InChI is InChI=1S/C34H28O10/c35-31(15-13-29-19-39-29)41-25-7-1-21(2-8-25)33(37)43-27-11-5-24-18-28(12-6-23(24)17-27)44-34(38)22-3-9-26(10-4-22)42-32(36)16-14-30-20-40-30/h1-12,17-18,29-30H,13-16,19-20H2. The molecule has 0 N–H and O–H groups in total. The van der Waals surface area contributed by atoms with Gasteiger partial charge in [0.05, 0.1) is 36.5 Å². The first-order valence-electron chi connectivity index (χ1n) is 14.2. The predicted octanol–water partition coefficient (Wildman–Crippen LogP) is 5.45. The fraction of sp³-hybridized carbons (Fsp3) is 0.235. The first-order chi connectivity index (χ1) is 21.4. The lowest BCUT2D eigenvalue weighted by molar-refractivity contribution is -0.135. The molecule has 0 bridgehead atoms. The number of epoxide rings is 2. The number of rotatable bonds is 12. The zero-order chi connectivity index (χ0) is 30.5. The van der Waals surface area contributed by atoms with E-state index in [1.807, 2.05) is 0 Å². The number of fused-ring (bicyclic) bond motifs is 1. The summed E-state index contributed by atoms with van der Waals surface area (Å²) in [6.07, 6.45) is 2.12. The van der Waals surface area contributed by atoms with Gasteiger partial charge in [-0.05, 0) is 96.4 Å². The lowest BCUT2D eigenvalue weighted by atomic mass is 10.1. The van der Waals surface area contributed by atoms with Crippen molar-refractivity contribution in [2.75, 3.05) is 13.2 Å². The Hall–Kier alpha value is -5.06. The van der Waals surface area contributed by atoms with Crippen LogP contribution in [0.3, 0.4) is 0 Å². The lowest BCUT2D eigenvalue weighted by Crippen LogP contribution is -2.10. The van der Waals surface area contributed by atoms with Crippen molar-refractivity contribution < 1.29 is 47.6 Å². The third-order valence-electron chi connectivity index (χ3n) is 6.99. The Kier molecular flexibility index (Phi) is 8.62. The second-order valence-corrected chi connectivity index (χ2v) is 10.4. The van der Waals surface area contributed by atoms with Crippen molar-refractivity contribution in [1.82, 2.24) is 0 Å². The van der Waals surface area contributed by atoms with E-state index in [1.165, 1.54) is 24.3 Å². The Labute approximate surface area is 252 Å². The van der Waals surface area contributed by atoms with E-state index in [0.717, 1.165) is 10.8 Å². The monoisotopic (exact) mass is 596 g/mol. The van der Waals surface area contributed by atoms with Gasteiger partial charge in [0.15, 0.2) is 0 Å². The van der Waals surface area contributed by atoms with E-state index in [2.05, 4.69) is 0 Å². The van der Waals surface area contributed by atoms with Crippen LogP contribution in [0.1, 0.15) is 46.4 Å². The maximum absolute atomic E-state index is 12.7. The largest absolute Gasteiger partial charge is 0.427 e. The normalized spacial score (nSPS) is 16.5. The van der Waals surface area contributed by atoms with Gasteiger partial charge in [0, 0.05) is 12.8 Å². The third kappa shape index (κ3) is 8.06. The molecule has 2 heterocycles. The van der Waals surface area contributed by atoms with Crippen LogP contribution in [-0.4, -0.2) is 49.3 Å². The Morgan fingerprint density at radius 2 is 0.886 bits per heavy atom. The molecule has 2 aliphatic heterocycles. The van der Waals surface area contributed by atoms with E-state index in [9.17, 15) is 19.2 Å². The van der Waals surface area contributed by atoms with Gasteiger partial charge < -0.3 is 28.4 Å². The van der Waals surface area contributed by atoms with Crippen molar-refractivity contribution >= 4 is 34.6 Å². The molecule has 2 unspecified atom stereocenters. The van der Waals surface area contributed by atoms with Crippen molar-refractivity contribution in [3.8, 4) is 23.0 Å². The molecule has 4 aromatic carbocycles. The number of hydrogen-bond acceptors (Lipinski definition) is 10. The van der Waals surface area contributed by atoms with E-state index in [4.69, 9.17) is 28.4 Å². The number of carbonyl (C=O) groups is 4. The third-order valence-corrected chi connectivity index (χ3v) is 6.99. The fourth-order valence-corrected chi connectivity index (χ4v) is 4.37. The molecule has 0 aromatic heterocycles. The van der Waals surface area contributed by atoms with Crippen molar-refractivity contribution in [2.45, 2.75) is 37.9 Å². The molecule has 6 rings (SSSR count). The number of carbonyl (C=O) groups excluding carboxylic acids is 4. The van der Waals surface area contributed by atoms with Crippen LogP contribution < -0.4 is 18.9 Å². The minimum absolute atomic E-state index is 0.155. The molecule has 0 spiro atoms. The van der Waals surface area contributed by atoms with Crippen LogP contribution in [0.5, 0.6) is 23.0 Å². The van der Waals surface area contributed by atoms with Crippen LogP contribution in [-0.2, 0) is 19.1 Å². The van der Waals surface area contributed by atoms with Crippen LogP contribution in [0.4, 0.5) is 0 Å². The van der Waals surface area contributed by atoms with Crippen molar-refractivity contribution in [2.24, 2.45) is 0 Å². The van der Waals surface area contributed by atoms with E-state index in [1.54, 1.807) is 60.7 Å². The molecule has 0 amide bonds. The summed E-state index contributed by atoms with van der Waals surface area (Å²) in [6.45, 7) is 1.38. The Morgan fingerprint density at radius 3 is 1.25 bits per heavy atom. The average Bonchev–Trinajstić information content (AvgIpc) is 3.96. The average molecular weight is 597 g/mol. The number of esters is 4. The number of benzene rings is 4. The Morgan fingerprint density at radius 1 is 0.523 bits per heavy atom. The zero-order valence-electron chi connectivity index (χ0n) is 23.6. The molecule has 2 atom stereocenters. The van der Waals surface area contributed by atoms with Gasteiger partial charge >= 0.3 is 23.9 Å². The van der Waals surface area contributed by atoms with Crippen molar-refractivity contribution in [3.05, 3.63) is 96.1 Å². The predicted molar refractivity (Wildman–Crippen MR) is 156 cm³/mol.